The molecule has 2 aromatic carbocycles. The molecule has 22 heavy (non-hydrogen) atoms. The van der Waals surface area contributed by atoms with Gasteiger partial charge >= 0.3 is 0 Å². The fourth-order valence-electron chi connectivity index (χ4n) is 2.23. The topological polar surface area (TPSA) is 63.5 Å². The number of hydrogen-bond acceptors (Lipinski definition) is 4. The fourth-order valence-corrected chi connectivity index (χ4v) is 2.23. The van der Waals surface area contributed by atoms with Crippen LogP contribution in [-0.4, -0.2) is 20.1 Å². The molecule has 112 valence electrons. The number of benzene rings is 2. The molecule has 0 aliphatic rings. The standard InChI is InChI=1S/C17H16N2O3/c1-18-12-7-8-13(15(10-12)21-2)19-17(20)16-9-11-5-3-4-6-14(11)22-16/h3-10,18H,1-2H3,(H,19,20). The van der Waals surface area contributed by atoms with Crippen molar-refractivity contribution in [1.82, 2.24) is 0 Å². The van der Waals surface area contributed by atoms with Crippen molar-refractivity contribution in [2.45, 2.75) is 0 Å². The second-order valence-electron chi connectivity index (χ2n) is 4.77. The van der Waals surface area contributed by atoms with Crippen LogP contribution in [0.3, 0.4) is 0 Å². The Morgan fingerprint density at radius 2 is 1.95 bits per heavy atom. The Hall–Kier alpha value is -2.95. The van der Waals surface area contributed by atoms with Gasteiger partial charge in [-0.05, 0) is 24.3 Å². The first-order valence-corrected chi connectivity index (χ1v) is 6.87. The minimum atomic E-state index is -0.313. The van der Waals surface area contributed by atoms with E-state index in [4.69, 9.17) is 9.15 Å². The Labute approximate surface area is 127 Å². The quantitative estimate of drug-likeness (QED) is 0.770. The van der Waals surface area contributed by atoms with Gasteiger partial charge in [0.25, 0.3) is 5.91 Å². The number of anilines is 2. The average molecular weight is 296 g/mol. The van der Waals surface area contributed by atoms with Crippen molar-refractivity contribution in [3.8, 4) is 5.75 Å². The maximum atomic E-state index is 12.3. The summed E-state index contributed by atoms with van der Waals surface area (Å²) >= 11 is 0. The summed E-state index contributed by atoms with van der Waals surface area (Å²) in [6.45, 7) is 0. The molecule has 2 N–H and O–H groups in total. The Kier molecular flexibility index (Phi) is 3.70. The normalized spacial score (nSPS) is 10.5. The van der Waals surface area contributed by atoms with Gasteiger partial charge in [0.15, 0.2) is 5.76 Å². The van der Waals surface area contributed by atoms with Gasteiger partial charge in [-0.2, -0.15) is 0 Å². The largest absolute Gasteiger partial charge is 0.494 e. The number of furan rings is 1. The predicted octanol–water partition coefficient (Wildman–Crippen LogP) is 3.74. The number of nitrogens with one attached hydrogen (secondary N) is 2. The van der Waals surface area contributed by atoms with Crippen LogP contribution in [0, 0.1) is 0 Å². The molecule has 1 aromatic heterocycles. The highest BCUT2D eigenvalue weighted by Crippen LogP contribution is 2.28. The van der Waals surface area contributed by atoms with E-state index in [1.807, 2.05) is 43.4 Å². The van der Waals surface area contributed by atoms with E-state index in [1.165, 1.54) is 0 Å². The zero-order valence-corrected chi connectivity index (χ0v) is 12.3. The Bertz CT molecular complexity index is 791. The molecule has 1 amide bonds. The summed E-state index contributed by atoms with van der Waals surface area (Å²) in [4.78, 5) is 12.3. The molecule has 0 unspecified atom stereocenters. The smallest absolute Gasteiger partial charge is 0.291 e. The highest BCUT2D eigenvalue weighted by molar-refractivity contribution is 6.05. The number of fused-ring (bicyclic) bond motifs is 1. The zero-order chi connectivity index (χ0) is 15.5. The third-order valence-corrected chi connectivity index (χ3v) is 3.39. The molecule has 5 nitrogen and oxygen atoms in total. The van der Waals surface area contributed by atoms with Crippen LogP contribution in [0.4, 0.5) is 11.4 Å². The van der Waals surface area contributed by atoms with E-state index in [2.05, 4.69) is 10.6 Å². The minimum absolute atomic E-state index is 0.265. The van der Waals surface area contributed by atoms with Gasteiger partial charge in [0.05, 0.1) is 12.8 Å². The molecule has 0 atom stereocenters. The highest BCUT2D eigenvalue weighted by atomic mass is 16.5. The SMILES string of the molecule is CNc1ccc(NC(=O)c2cc3ccccc3o2)c(OC)c1. The molecule has 5 heteroatoms. The number of para-hydroxylation sites is 1. The van der Waals surface area contributed by atoms with Crippen molar-refractivity contribution in [3.05, 3.63) is 54.3 Å². The third-order valence-electron chi connectivity index (χ3n) is 3.39. The van der Waals surface area contributed by atoms with Gasteiger partial charge in [-0.3, -0.25) is 4.79 Å². The van der Waals surface area contributed by atoms with E-state index in [0.29, 0.717) is 17.0 Å². The molecule has 0 aliphatic heterocycles. The molecule has 0 radical (unpaired) electrons. The van der Waals surface area contributed by atoms with Gasteiger partial charge in [-0.15, -0.1) is 0 Å². The van der Waals surface area contributed by atoms with Gasteiger partial charge in [0.2, 0.25) is 0 Å². The van der Waals surface area contributed by atoms with Gasteiger partial charge in [-0.25, -0.2) is 0 Å². The molecule has 0 saturated heterocycles. The van der Waals surface area contributed by atoms with Crippen molar-refractivity contribution in [2.75, 3.05) is 24.8 Å². The molecule has 0 fully saturated rings. The van der Waals surface area contributed by atoms with Crippen molar-refractivity contribution in [2.24, 2.45) is 0 Å². The zero-order valence-electron chi connectivity index (χ0n) is 12.3. The molecule has 1 heterocycles. The average Bonchev–Trinajstić information content (AvgIpc) is 2.99. The summed E-state index contributed by atoms with van der Waals surface area (Å²) in [5.41, 5.74) is 2.18. The van der Waals surface area contributed by atoms with E-state index >= 15 is 0 Å². The summed E-state index contributed by atoms with van der Waals surface area (Å²) in [6.07, 6.45) is 0. The summed E-state index contributed by atoms with van der Waals surface area (Å²) < 4.78 is 10.9. The Balaban J connectivity index is 1.87. The number of methoxy groups -OCH3 is 1. The van der Waals surface area contributed by atoms with Crippen LogP contribution < -0.4 is 15.4 Å². The lowest BCUT2D eigenvalue weighted by atomic mass is 10.2. The van der Waals surface area contributed by atoms with E-state index in [0.717, 1.165) is 11.1 Å². The van der Waals surface area contributed by atoms with E-state index < -0.39 is 0 Å². The predicted molar refractivity (Wildman–Crippen MR) is 86.7 cm³/mol. The van der Waals surface area contributed by atoms with Gasteiger partial charge in [0.1, 0.15) is 11.3 Å². The van der Waals surface area contributed by atoms with Crippen LogP contribution in [0.1, 0.15) is 10.6 Å². The van der Waals surface area contributed by atoms with Crippen LogP contribution in [0.25, 0.3) is 11.0 Å². The first-order valence-electron chi connectivity index (χ1n) is 6.87. The van der Waals surface area contributed by atoms with Crippen LogP contribution in [0.15, 0.2) is 52.9 Å². The molecule has 0 aliphatic carbocycles. The van der Waals surface area contributed by atoms with Crippen LogP contribution in [-0.2, 0) is 0 Å². The third kappa shape index (κ3) is 2.61. The van der Waals surface area contributed by atoms with Crippen LogP contribution in [0.2, 0.25) is 0 Å². The first kappa shape index (κ1) is 14.0. The summed E-state index contributed by atoms with van der Waals surface area (Å²) in [5, 5.41) is 6.72. The Morgan fingerprint density at radius 3 is 2.68 bits per heavy atom. The van der Waals surface area contributed by atoms with Crippen molar-refractivity contribution >= 4 is 28.3 Å². The first-order chi connectivity index (χ1) is 10.7. The van der Waals surface area contributed by atoms with E-state index in [9.17, 15) is 4.79 Å². The molecule has 3 aromatic rings. The lowest BCUT2D eigenvalue weighted by Gasteiger charge is -2.11. The lowest BCUT2D eigenvalue weighted by Crippen LogP contribution is -2.11. The molecular formula is C17H16N2O3. The van der Waals surface area contributed by atoms with E-state index in [-0.39, 0.29) is 11.7 Å². The molecule has 3 rings (SSSR count). The van der Waals surface area contributed by atoms with Crippen molar-refractivity contribution in [1.29, 1.82) is 0 Å². The highest BCUT2D eigenvalue weighted by Gasteiger charge is 2.14. The number of rotatable bonds is 4. The van der Waals surface area contributed by atoms with Gasteiger partial charge < -0.3 is 19.8 Å². The summed E-state index contributed by atoms with van der Waals surface area (Å²) in [7, 11) is 3.38. The summed E-state index contributed by atoms with van der Waals surface area (Å²) in [5.74, 6) is 0.531. The maximum Gasteiger partial charge on any atom is 0.291 e. The molecular weight excluding hydrogens is 280 g/mol. The van der Waals surface area contributed by atoms with Gasteiger partial charge in [0, 0.05) is 24.2 Å². The Morgan fingerprint density at radius 1 is 1.14 bits per heavy atom. The van der Waals surface area contributed by atoms with Crippen molar-refractivity contribution < 1.29 is 13.9 Å². The number of carbonyl (C=O) groups is 1. The van der Waals surface area contributed by atoms with Crippen LogP contribution >= 0.6 is 0 Å². The second kappa shape index (κ2) is 5.81. The monoisotopic (exact) mass is 296 g/mol. The summed E-state index contributed by atoms with van der Waals surface area (Å²) in [6, 6.07) is 14.7. The number of amides is 1. The minimum Gasteiger partial charge on any atom is -0.494 e. The molecule has 0 bridgehead atoms. The maximum absolute atomic E-state index is 12.3. The number of ether oxygens (including phenoxy) is 1. The lowest BCUT2D eigenvalue weighted by molar-refractivity contribution is 0.0998. The van der Waals surface area contributed by atoms with Crippen LogP contribution in [0.5, 0.6) is 5.75 Å². The fraction of sp³-hybridized carbons (Fsp3) is 0.118. The number of carbonyl (C=O) groups excluding carboxylic acids is 1. The molecule has 0 saturated carbocycles. The number of hydrogen-bond donors (Lipinski definition) is 2. The second-order valence-corrected chi connectivity index (χ2v) is 4.77. The van der Waals surface area contributed by atoms with Gasteiger partial charge in [-0.1, -0.05) is 18.2 Å². The van der Waals surface area contributed by atoms with E-state index in [1.54, 1.807) is 19.2 Å². The molecule has 0 spiro atoms. The van der Waals surface area contributed by atoms with Crippen molar-refractivity contribution in [3.63, 3.8) is 0 Å².